The van der Waals surface area contributed by atoms with Gasteiger partial charge in [-0.15, -0.1) is 0 Å². The molecular weight excluding hydrogens is 176 g/mol. The van der Waals surface area contributed by atoms with E-state index in [0.717, 1.165) is 30.6 Å². The first-order valence-electron chi connectivity index (χ1n) is 5.06. The van der Waals surface area contributed by atoms with E-state index in [2.05, 4.69) is 9.88 Å². The Balaban J connectivity index is 1.85. The summed E-state index contributed by atoms with van der Waals surface area (Å²) in [6.45, 7) is 1.13. The molecule has 2 heterocycles. The van der Waals surface area contributed by atoms with E-state index in [-0.39, 0.29) is 0 Å². The number of aldehydes is 1. The standard InChI is InChI=1S/C11H12N2O/c14-7-8-1-2-11(12-6-8)13-4-3-9-5-10(9)13/h1-2,6-7,9-10H,3-5H2. The summed E-state index contributed by atoms with van der Waals surface area (Å²) in [6.07, 6.45) is 5.12. The average Bonchev–Trinajstić information content (AvgIpc) is 2.91. The Hall–Kier alpha value is -1.38. The van der Waals surface area contributed by atoms with Crippen LogP contribution in [0.1, 0.15) is 23.2 Å². The lowest BCUT2D eigenvalue weighted by Gasteiger charge is -2.18. The Morgan fingerprint density at radius 1 is 1.50 bits per heavy atom. The Morgan fingerprint density at radius 2 is 2.43 bits per heavy atom. The van der Waals surface area contributed by atoms with Crippen molar-refractivity contribution in [1.29, 1.82) is 0 Å². The molecule has 3 nitrogen and oxygen atoms in total. The minimum atomic E-state index is 0.653. The number of aromatic nitrogens is 1. The molecule has 1 aliphatic heterocycles. The maximum absolute atomic E-state index is 10.5. The van der Waals surface area contributed by atoms with Crippen molar-refractivity contribution in [2.24, 2.45) is 5.92 Å². The van der Waals surface area contributed by atoms with E-state index in [0.29, 0.717) is 5.56 Å². The third kappa shape index (κ3) is 1.12. The third-order valence-electron chi connectivity index (χ3n) is 3.23. The summed E-state index contributed by atoms with van der Waals surface area (Å²) in [7, 11) is 0. The Labute approximate surface area is 82.8 Å². The van der Waals surface area contributed by atoms with Gasteiger partial charge in [0.05, 0.1) is 0 Å². The normalized spacial score (nSPS) is 28.7. The minimum Gasteiger partial charge on any atom is -0.353 e. The van der Waals surface area contributed by atoms with Crippen molar-refractivity contribution >= 4 is 12.1 Å². The summed E-state index contributed by atoms with van der Waals surface area (Å²) in [4.78, 5) is 17.1. The topological polar surface area (TPSA) is 33.2 Å². The fourth-order valence-electron chi connectivity index (χ4n) is 2.32. The van der Waals surface area contributed by atoms with Gasteiger partial charge in [0.2, 0.25) is 0 Å². The average molecular weight is 188 g/mol. The molecule has 1 aromatic rings. The number of fused-ring (bicyclic) bond motifs is 1. The van der Waals surface area contributed by atoms with Crippen LogP contribution in [0.2, 0.25) is 0 Å². The lowest BCUT2D eigenvalue weighted by molar-refractivity contribution is 0.112. The predicted molar refractivity (Wildman–Crippen MR) is 53.5 cm³/mol. The first kappa shape index (κ1) is 7.97. The highest BCUT2D eigenvalue weighted by atomic mass is 16.1. The van der Waals surface area contributed by atoms with Crippen LogP contribution >= 0.6 is 0 Å². The van der Waals surface area contributed by atoms with Gasteiger partial charge in [0, 0.05) is 24.3 Å². The van der Waals surface area contributed by atoms with Gasteiger partial charge in [-0.2, -0.15) is 0 Å². The van der Waals surface area contributed by atoms with Crippen molar-refractivity contribution in [3.05, 3.63) is 23.9 Å². The zero-order valence-electron chi connectivity index (χ0n) is 7.89. The van der Waals surface area contributed by atoms with Crippen molar-refractivity contribution in [2.75, 3.05) is 11.4 Å². The van der Waals surface area contributed by atoms with E-state index in [4.69, 9.17) is 0 Å². The van der Waals surface area contributed by atoms with Gasteiger partial charge in [-0.1, -0.05) is 0 Å². The number of pyridine rings is 1. The molecule has 1 saturated heterocycles. The highest BCUT2D eigenvalue weighted by Gasteiger charge is 2.47. The Kier molecular flexibility index (Phi) is 1.60. The molecule has 0 aromatic carbocycles. The first-order valence-corrected chi connectivity index (χ1v) is 5.06. The minimum absolute atomic E-state index is 0.653. The number of carbonyl (C=O) groups excluding carboxylic acids is 1. The van der Waals surface area contributed by atoms with E-state index in [1.54, 1.807) is 6.20 Å². The van der Waals surface area contributed by atoms with Crippen LogP contribution in [0, 0.1) is 5.92 Å². The molecule has 0 amide bonds. The summed E-state index contributed by atoms with van der Waals surface area (Å²) in [6, 6.07) is 4.53. The molecule has 0 spiro atoms. The van der Waals surface area contributed by atoms with E-state index < -0.39 is 0 Å². The Morgan fingerprint density at radius 3 is 2.93 bits per heavy atom. The van der Waals surface area contributed by atoms with Crippen LogP contribution in [0.25, 0.3) is 0 Å². The van der Waals surface area contributed by atoms with Gasteiger partial charge in [0.25, 0.3) is 0 Å². The maximum atomic E-state index is 10.5. The lowest BCUT2D eigenvalue weighted by Crippen LogP contribution is -2.23. The van der Waals surface area contributed by atoms with Crippen LogP contribution in [0.4, 0.5) is 5.82 Å². The zero-order valence-corrected chi connectivity index (χ0v) is 7.89. The quantitative estimate of drug-likeness (QED) is 0.659. The molecule has 2 fully saturated rings. The molecule has 14 heavy (non-hydrogen) atoms. The summed E-state index contributed by atoms with van der Waals surface area (Å²) < 4.78 is 0. The molecule has 2 aliphatic rings. The SMILES string of the molecule is O=Cc1ccc(N2CCC3CC32)nc1. The summed E-state index contributed by atoms with van der Waals surface area (Å²) >= 11 is 0. The summed E-state index contributed by atoms with van der Waals surface area (Å²) in [5, 5.41) is 0. The molecule has 72 valence electrons. The molecule has 2 atom stereocenters. The molecule has 0 N–H and O–H groups in total. The van der Waals surface area contributed by atoms with E-state index in [1.807, 2.05) is 12.1 Å². The second-order valence-corrected chi connectivity index (χ2v) is 4.11. The van der Waals surface area contributed by atoms with Crippen molar-refractivity contribution in [2.45, 2.75) is 18.9 Å². The molecule has 0 bridgehead atoms. The monoisotopic (exact) mass is 188 g/mol. The van der Waals surface area contributed by atoms with Gasteiger partial charge >= 0.3 is 0 Å². The molecule has 3 heteroatoms. The van der Waals surface area contributed by atoms with Crippen molar-refractivity contribution in [3.63, 3.8) is 0 Å². The van der Waals surface area contributed by atoms with Crippen molar-refractivity contribution < 1.29 is 4.79 Å². The van der Waals surface area contributed by atoms with Crippen LogP contribution in [-0.4, -0.2) is 23.9 Å². The smallest absolute Gasteiger partial charge is 0.151 e. The van der Waals surface area contributed by atoms with Gasteiger partial charge in [-0.25, -0.2) is 4.98 Å². The van der Waals surface area contributed by atoms with Crippen LogP contribution in [0.15, 0.2) is 18.3 Å². The van der Waals surface area contributed by atoms with Crippen LogP contribution < -0.4 is 4.90 Å². The molecule has 1 aliphatic carbocycles. The number of anilines is 1. The zero-order chi connectivity index (χ0) is 9.54. The van der Waals surface area contributed by atoms with Crippen LogP contribution in [0.3, 0.4) is 0 Å². The third-order valence-corrected chi connectivity index (χ3v) is 3.23. The van der Waals surface area contributed by atoms with Crippen molar-refractivity contribution in [1.82, 2.24) is 4.98 Å². The molecule has 2 unspecified atom stereocenters. The maximum Gasteiger partial charge on any atom is 0.151 e. The summed E-state index contributed by atoms with van der Waals surface area (Å²) in [5.74, 6) is 1.95. The lowest BCUT2D eigenvalue weighted by atomic mass is 10.3. The molecule has 3 rings (SSSR count). The number of rotatable bonds is 2. The van der Waals surface area contributed by atoms with Crippen LogP contribution in [0.5, 0.6) is 0 Å². The van der Waals surface area contributed by atoms with Gasteiger partial charge in [-0.3, -0.25) is 4.79 Å². The largest absolute Gasteiger partial charge is 0.353 e. The van der Waals surface area contributed by atoms with Gasteiger partial charge in [0.1, 0.15) is 5.82 Å². The van der Waals surface area contributed by atoms with Gasteiger partial charge in [0.15, 0.2) is 6.29 Å². The van der Waals surface area contributed by atoms with E-state index in [9.17, 15) is 4.79 Å². The van der Waals surface area contributed by atoms with Crippen molar-refractivity contribution in [3.8, 4) is 0 Å². The molecule has 1 aromatic heterocycles. The summed E-state index contributed by atoms with van der Waals surface area (Å²) in [5.41, 5.74) is 0.653. The van der Waals surface area contributed by atoms with E-state index >= 15 is 0 Å². The fourth-order valence-corrected chi connectivity index (χ4v) is 2.32. The van der Waals surface area contributed by atoms with Gasteiger partial charge in [-0.05, 0) is 30.9 Å². The molecular formula is C11H12N2O. The Bertz CT molecular complexity index is 360. The molecule has 1 saturated carbocycles. The number of nitrogens with zero attached hydrogens (tertiary/aromatic N) is 2. The second kappa shape index (κ2) is 2.80. The van der Waals surface area contributed by atoms with E-state index in [1.165, 1.54) is 12.8 Å². The first-order chi connectivity index (χ1) is 6.88. The fraction of sp³-hybridized carbons (Fsp3) is 0.455. The second-order valence-electron chi connectivity index (χ2n) is 4.11. The number of hydrogen-bond acceptors (Lipinski definition) is 3. The number of carbonyl (C=O) groups is 1. The van der Waals surface area contributed by atoms with Crippen LogP contribution in [-0.2, 0) is 0 Å². The highest BCUT2D eigenvalue weighted by molar-refractivity contribution is 5.74. The predicted octanol–water partition coefficient (Wildman–Crippen LogP) is 1.49. The number of hydrogen-bond donors (Lipinski definition) is 0. The van der Waals surface area contributed by atoms with Gasteiger partial charge < -0.3 is 4.90 Å². The molecule has 0 radical (unpaired) electrons. The number of piperidine rings is 1. The highest BCUT2D eigenvalue weighted by Crippen LogP contribution is 2.45.